The van der Waals surface area contributed by atoms with E-state index in [-0.39, 0.29) is 25.2 Å². The molecule has 162 valence electrons. The SMILES string of the molecule is NC(CO)(CO)CCc1ccc(OCC#Cc2ccc(Cl)c(Cl)c2)c(C(F)(F)F)c1. The van der Waals surface area contributed by atoms with Gasteiger partial charge in [-0.05, 0) is 48.7 Å². The van der Waals surface area contributed by atoms with E-state index in [2.05, 4.69) is 11.8 Å². The lowest BCUT2D eigenvalue weighted by Crippen LogP contribution is -2.47. The molecule has 0 saturated heterocycles. The van der Waals surface area contributed by atoms with Gasteiger partial charge in [0.2, 0.25) is 0 Å². The van der Waals surface area contributed by atoms with Gasteiger partial charge < -0.3 is 20.7 Å². The molecule has 0 bridgehead atoms. The monoisotopic (exact) mass is 461 g/mol. The van der Waals surface area contributed by atoms with Crippen molar-refractivity contribution < 1.29 is 28.1 Å². The van der Waals surface area contributed by atoms with Gasteiger partial charge in [-0.2, -0.15) is 13.2 Å². The van der Waals surface area contributed by atoms with Crippen molar-refractivity contribution in [2.24, 2.45) is 5.73 Å². The van der Waals surface area contributed by atoms with E-state index in [9.17, 15) is 23.4 Å². The minimum absolute atomic E-state index is 0.118. The van der Waals surface area contributed by atoms with Gasteiger partial charge in [-0.25, -0.2) is 0 Å². The summed E-state index contributed by atoms with van der Waals surface area (Å²) in [5.41, 5.74) is 4.48. The van der Waals surface area contributed by atoms with Crippen LogP contribution in [0.1, 0.15) is 23.1 Å². The summed E-state index contributed by atoms with van der Waals surface area (Å²) >= 11 is 11.7. The van der Waals surface area contributed by atoms with E-state index in [1.165, 1.54) is 12.1 Å². The number of hydrogen-bond acceptors (Lipinski definition) is 4. The predicted octanol–water partition coefficient (Wildman–Crippen LogP) is 4.06. The van der Waals surface area contributed by atoms with E-state index in [0.29, 0.717) is 21.2 Å². The van der Waals surface area contributed by atoms with E-state index >= 15 is 0 Å². The van der Waals surface area contributed by atoms with Gasteiger partial charge in [-0.15, -0.1) is 0 Å². The van der Waals surface area contributed by atoms with Crippen molar-refractivity contribution in [2.75, 3.05) is 19.8 Å². The van der Waals surface area contributed by atoms with Crippen molar-refractivity contribution in [1.82, 2.24) is 0 Å². The third kappa shape index (κ3) is 6.79. The topological polar surface area (TPSA) is 75.7 Å². The normalized spacial score (nSPS) is 11.7. The molecule has 9 heteroatoms. The lowest BCUT2D eigenvalue weighted by Gasteiger charge is -2.24. The Hall–Kier alpha value is -1.95. The molecule has 30 heavy (non-hydrogen) atoms. The first kappa shape index (κ1) is 24.3. The maximum absolute atomic E-state index is 13.4. The Bertz CT molecular complexity index is 935. The molecule has 0 atom stereocenters. The molecule has 4 nitrogen and oxygen atoms in total. The molecular weight excluding hydrogens is 442 g/mol. The summed E-state index contributed by atoms with van der Waals surface area (Å²) in [6.45, 7) is -1.22. The second-order valence-corrected chi connectivity index (χ2v) is 7.54. The molecule has 0 aliphatic rings. The zero-order chi connectivity index (χ0) is 22.4. The van der Waals surface area contributed by atoms with E-state index in [0.717, 1.165) is 6.07 Å². The number of nitrogens with two attached hydrogens (primary N) is 1. The zero-order valence-electron chi connectivity index (χ0n) is 15.8. The van der Waals surface area contributed by atoms with Gasteiger partial charge in [0, 0.05) is 5.56 Å². The van der Waals surface area contributed by atoms with Gasteiger partial charge in [0.05, 0.1) is 34.4 Å². The molecule has 0 spiro atoms. The van der Waals surface area contributed by atoms with Gasteiger partial charge in [-0.3, -0.25) is 0 Å². The number of alkyl halides is 3. The maximum Gasteiger partial charge on any atom is 0.419 e. The Morgan fingerprint density at radius 1 is 1.00 bits per heavy atom. The predicted molar refractivity (Wildman–Crippen MR) is 110 cm³/mol. The number of aliphatic hydroxyl groups excluding tert-OH is 2. The summed E-state index contributed by atoms with van der Waals surface area (Å²) < 4.78 is 45.6. The van der Waals surface area contributed by atoms with Gasteiger partial charge >= 0.3 is 6.18 Å². The molecule has 0 heterocycles. The maximum atomic E-state index is 13.4. The highest BCUT2D eigenvalue weighted by Gasteiger charge is 2.35. The summed E-state index contributed by atoms with van der Waals surface area (Å²) in [5, 5.41) is 19.1. The van der Waals surface area contributed by atoms with E-state index in [1.54, 1.807) is 18.2 Å². The highest BCUT2D eigenvalue weighted by Crippen LogP contribution is 2.37. The molecule has 4 N–H and O–H groups in total. The molecule has 0 saturated carbocycles. The minimum Gasteiger partial charge on any atom is -0.480 e. The molecule has 2 rings (SSSR count). The van der Waals surface area contributed by atoms with E-state index < -0.39 is 30.5 Å². The van der Waals surface area contributed by atoms with Crippen molar-refractivity contribution in [1.29, 1.82) is 0 Å². The second kappa shape index (κ2) is 10.4. The van der Waals surface area contributed by atoms with Crippen LogP contribution in [0.15, 0.2) is 36.4 Å². The number of rotatable bonds is 7. The van der Waals surface area contributed by atoms with Crippen molar-refractivity contribution in [3.8, 4) is 17.6 Å². The number of aryl methyl sites for hydroxylation is 1. The van der Waals surface area contributed by atoms with Crippen LogP contribution >= 0.6 is 23.2 Å². The first-order valence-electron chi connectivity index (χ1n) is 8.85. The standard InChI is InChI=1S/C21H20Cl2F3NO3/c22-17-5-3-14(11-18(17)23)2-1-9-30-19-6-4-15(10-16(19)21(24,25)26)7-8-20(27,12-28)13-29/h3-6,10-11,28-29H,7-9,12-13,27H2. The van der Waals surface area contributed by atoms with Crippen molar-refractivity contribution in [3.05, 3.63) is 63.1 Å². The van der Waals surface area contributed by atoms with Gasteiger partial charge in [0.25, 0.3) is 0 Å². The number of ether oxygens (including phenoxy) is 1. The Morgan fingerprint density at radius 3 is 2.30 bits per heavy atom. The molecule has 0 radical (unpaired) electrons. The van der Waals surface area contributed by atoms with Gasteiger partial charge in [0.1, 0.15) is 12.4 Å². The zero-order valence-corrected chi connectivity index (χ0v) is 17.3. The molecule has 0 fully saturated rings. The largest absolute Gasteiger partial charge is 0.480 e. The van der Waals surface area contributed by atoms with Crippen LogP contribution in [-0.4, -0.2) is 35.6 Å². The smallest absolute Gasteiger partial charge is 0.419 e. The summed E-state index contributed by atoms with van der Waals surface area (Å²) in [6.07, 6.45) is -4.36. The van der Waals surface area contributed by atoms with E-state index in [4.69, 9.17) is 33.7 Å². The lowest BCUT2D eigenvalue weighted by molar-refractivity contribution is -0.138. The molecule has 0 aliphatic carbocycles. The first-order valence-corrected chi connectivity index (χ1v) is 9.61. The molecule has 0 aromatic heterocycles. The van der Waals surface area contributed by atoms with Crippen molar-refractivity contribution >= 4 is 23.2 Å². The molecule has 0 amide bonds. The van der Waals surface area contributed by atoms with Crippen molar-refractivity contribution in [2.45, 2.75) is 24.6 Å². The van der Waals surface area contributed by atoms with Crippen LogP contribution in [-0.2, 0) is 12.6 Å². The Kier molecular flexibility index (Phi) is 8.42. The fourth-order valence-corrected chi connectivity index (χ4v) is 2.81. The quantitative estimate of drug-likeness (QED) is 0.543. The van der Waals surface area contributed by atoms with Gasteiger partial charge in [-0.1, -0.05) is 41.1 Å². The minimum atomic E-state index is -4.63. The van der Waals surface area contributed by atoms with Crippen LogP contribution in [0.3, 0.4) is 0 Å². The van der Waals surface area contributed by atoms with Crippen LogP contribution in [0.4, 0.5) is 13.2 Å². The third-order valence-corrected chi connectivity index (χ3v) is 5.08. The van der Waals surface area contributed by atoms with Crippen LogP contribution in [0, 0.1) is 11.8 Å². The Balaban J connectivity index is 2.12. The molecule has 2 aromatic carbocycles. The fraction of sp³-hybridized carbons (Fsp3) is 0.333. The van der Waals surface area contributed by atoms with Crippen LogP contribution in [0.25, 0.3) is 0 Å². The molecule has 0 unspecified atom stereocenters. The highest BCUT2D eigenvalue weighted by atomic mass is 35.5. The lowest BCUT2D eigenvalue weighted by atomic mass is 9.93. The number of hydrogen-bond donors (Lipinski definition) is 3. The first-order chi connectivity index (χ1) is 14.1. The Morgan fingerprint density at radius 2 is 1.70 bits per heavy atom. The molecule has 2 aromatic rings. The number of benzene rings is 2. The summed E-state index contributed by atoms with van der Waals surface area (Å²) in [7, 11) is 0. The molecule has 0 aliphatic heterocycles. The summed E-state index contributed by atoms with van der Waals surface area (Å²) in [5.74, 6) is 5.03. The average molecular weight is 462 g/mol. The second-order valence-electron chi connectivity index (χ2n) is 6.73. The summed E-state index contributed by atoms with van der Waals surface area (Å²) in [4.78, 5) is 0. The highest BCUT2D eigenvalue weighted by molar-refractivity contribution is 6.42. The van der Waals surface area contributed by atoms with Crippen LogP contribution in [0.2, 0.25) is 10.0 Å². The van der Waals surface area contributed by atoms with Crippen LogP contribution < -0.4 is 10.5 Å². The van der Waals surface area contributed by atoms with Crippen molar-refractivity contribution in [3.63, 3.8) is 0 Å². The summed E-state index contributed by atoms with van der Waals surface area (Å²) in [6, 6.07) is 8.41. The molecular formula is C21H20Cl2F3NO3. The van der Waals surface area contributed by atoms with Crippen LogP contribution in [0.5, 0.6) is 5.75 Å². The number of aliphatic hydroxyl groups is 2. The van der Waals surface area contributed by atoms with E-state index in [1.807, 2.05) is 0 Å². The average Bonchev–Trinajstić information content (AvgIpc) is 2.71. The number of halogens is 5. The Labute approximate surface area is 182 Å². The van der Waals surface area contributed by atoms with Gasteiger partial charge in [0.15, 0.2) is 0 Å². The fourth-order valence-electron chi connectivity index (χ4n) is 2.51. The third-order valence-electron chi connectivity index (χ3n) is 4.34.